The lowest BCUT2D eigenvalue weighted by Gasteiger charge is -2.04. The summed E-state index contributed by atoms with van der Waals surface area (Å²) in [5.41, 5.74) is 7.34. The van der Waals surface area contributed by atoms with E-state index in [4.69, 9.17) is 10.5 Å². The Morgan fingerprint density at radius 1 is 1.23 bits per heavy atom. The summed E-state index contributed by atoms with van der Waals surface area (Å²) in [4.78, 5) is 11.5. The van der Waals surface area contributed by atoms with Crippen LogP contribution in [0.15, 0.2) is 48.5 Å². The maximum Gasteiger partial charge on any atom is 0.408 e. The van der Waals surface area contributed by atoms with Gasteiger partial charge in [-0.3, -0.25) is 0 Å². The lowest BCUT2D eigenvalue weighted by molar-refractivity contribution is 0.141. The number of benzene rings is 2. The second kappa shape index (κ2) is 7.70. The number of amides is 1. The second-order valence-electron chi connectivity index (χ2n) is 4.45. The van der Waals surface area contributed by atoms with Gasteiger partial charge in [0, 0.05) is 5.69 Å². The number of hydrogen-bond donors (Lipinski definition) is 2. The van der Waals surface area contributed by atoms with E-state index >= 15 is 0 Å². The number of alkyl carbamates (subject to hydrolysis) is 1. The number of halogens is 1. The van der Waals surface area contributed by atoms with Gasteiger partial charge in [-0.15, -0.1) is 0 Å². The lowest BCUT2D eigenvalue weighted by Crippen LogP contribution is -2.24. The molecule has 2 aromatic carbocycles. The second-order valence-corrected chi connectivity index (χ2v) is 4.45. The minimum Gasteiger partial charge on any atom is -0.445 e. The van der Waals surface area contributed by atoms with Crippen molar-refractivity contribution in [2.24, 2.45) is 0 Å². The molecule has 0 saturated heterocycles. The normalized spacial score (nSPS) is 9.50. The van der Waals surface area contributed by atoms with Gasteiger partial charge in [-0.25, -0.2) is 9.18 Å². The summed E-state index contributed by atoms with van der Waals surface area (Å²) < 4.78 is 18.1. The van der Waals surface area contributed by atoms with Crippen LogP contribution in [-0.4, -0.2) is 12.6 Å². The van der Waals surface area contributed by atoms with Crippen LogP contribution in [0.3, 0.4) is 0 Å². The van der Waals surface area contributed by atoms with E-state index in [2.05, 4.69) is 17.2 Å². The zero-order valence-corrected chi connectivity index (χ0v) is 11.8. The highest BCUT2D eigenvalue weighted by atomic mass is 19.1. The highest BCUT2D eigenvalue weighted by molar-refractivity contribution is 5.67. The summed E-state index contributed by atoms with van der Waals surface area (Å²) in [6, 6.07) is 13.3. The van der Waals surface area contributed by atoms with Gasteiger partial charge in [0.2, 0.25) is 0 Å². The van der Waals surface area contributed by atoms with Crippen LogP contribution in [0.4, 0.5) is 14.9 Å². The maximum atomic E-state index is 13.0. The zero-order chi connectivity index (χ0) is 15.8. The predicted molar refractivity (Wildman–Crippen MR) is 82.3 cm³/mol. The van der Waals surface area contributed by atoms with Crippen LogP contribution in [0.2, 0.25) is 0 Å². The zero-order valence-electron chi connectivity index (χ0n) is 11.8. The molecule has 5 heteroatoms. The molecule has 2 rings (SSSR count). The molecule has 3 N–H and O–H groups in total. The Labute approximate surface area is 128 Å². The largest absolute Gasteiger partial charge is 0.445 e. The summed E-state index contributed by atoms with van der Waals surface area (Å²) in [5, 5.41) is 2.49. The summed E-state index contributed by atoms with van der Waals surface area (Å²) in [6.45, 7) is 0.278. The Kier molecular flexibility index (Phi) is 5.38. The first kappa shape index (κ1) is 15.4. The number of hydrogen-bond acceptors (Lipinski definition) is 3. The number of carbonyl (C=O) groups is 1. The molecule has 0 saturated carbocycles. The van der Waals surface area contributed by atoms with E-state index in [0.29, 0.717) is 11.3 Å². The fraction of sp³-hybridized carbons (Fsp3) is 0.118. The molecule has 0 radical (unpaired) electrons. The number of carbonyl (C=O) groups excluding carboxylic acids is 1. The van der Waals surface area contributed by atoms with E-state index in [0.717, 1.165) is 5.56 Å². The molecule has 4 nitrogen and oxygen atoms in total. The van der Waals surface area contributed by atoms with Crippen LogP contribution in [0.25, 0.3) is 0 Å². The van der Waals surface area contributed by atoms with Gasteiger partial charge in [0.15, 0.2) is 0 Å². The molecule has 112 valence electrons. The van der Waals surface area contributed by atoms with Crippen LogP contribution >= 0.6 is 0 Å². The van der Waals surface area contributed by atoms with Crippen LogP contribution in [-0.2, 0) is 11.3 Å². The van der Waals surface area contributed by atoms with Gasteiger partial charge in [-0.1, -0.05) is 42.2 Å². The van der Waals surface area contributed by atoms with Crippen LogP contribution in [0, 0.1) is 17.7 Å². The molecule has 0 aliphatic heterocycles. The Morgan fingerprint density at radius 3 is 2.77 bits per heavy atom. The Hall–Kier alpha value is -3.00. The first-order valence-electron chi connectivity index (χ1n) is 6.63. The van der Waals surface area contributed by atoms with E-state index in [-0.39, 0.29) is 13.2 Å². The molecule has 0 spiro atoms. The van der Waals surface area contributed by atoms with Crippen LogP contribution < -0.4 is 11.1 Å². The topological polar surface area (TPSA) is 64.3 Å². The maximum absolute atomic E-state index is 13.0. The molecule has 0 atom stereocenters. The average Bonchev–Trinajstić information content (AvgIpc) is 2.53. The Morgan fingerprint density at radius 2 is 2.00 bits per heavy atom. The van der Waals surface area contributed by atoms with E-state index in [9.17, 15) is 9.18 Å². The standard InChI is InChI=1S/C17H15FN2O2/c18-15-8-9-16(19)14(11-15)7-4-10-20-17(21)22-12-13-5-2-1-3-6-13/h1-3,5-6,8-9,11H,10,12,19H2,(H,20,21). The van der Waals surface area contributed by atoms with Gasteiger partial charge >= 0.3 is 6.09 Å². The summed E-state index contributed by atoms with van der Waals surface area (Å²) in [5.74, 6) is 4.98. The number of nitrogen functional groups attached to an aromatic ring is 1. The highest BCUT2D eigenvalue weighted by Crippen LogP contribution is 2.11. The quantitative estimate of drug-likeness (QED) is 0.676. The van der Waals surface area contributed by atoms with Gasteiger partial charge in [-0.05, 0) is 23.8 Å². The van der Waals surface area contributed by atoms with Crippen molar-refractivity contribution in [2.75, 3.05) is 12.3 Å². The summed E-state index contributed by atoms with van der Waals surface area (Å²) >= 11 is 0. The van der Waals surface area contributed by atoms with Crippen molar-refractivity contribution in [1.82, 2.24) is 5.32 Å². The van der Waals surface area contributed by atoms with Crippen molar-refractivity contribution in [3.8, 4) is 11.8 Å². The van der Waals surface area contributed by atoms with E-state index in [1.54, 1.807) is 0 Å². The fourth-order valence-corrected chi connectivity index (χ4v) is 1.67. The lowest BCUT2D eigenvalue weighted by atomic mass is 10.2. The molecule has 0 aliphatic rings. The highest BCUT2D eigenvalue weighted by Gasteiger charge is 2.00. The Bertz CT molecular complexity index is 706. The number of anilines is 1. The monoisotopic (exact) mass is 298 g/mol. The average molecular weight is 298 g/mol. The molecule has 0 heterocycles. The van der Waals surface area contributed by atoms with E-state index in [1.165, 1.54) is 18.2 Å². The molecule has 22 heavy (non-hydrogen) atoms. The minimum atomic E-state index is -0.564. The summed E-state index contributed by atoms with van der Waals surface area (Å²) in [6.07, 6.45) is -0.564. The summed E-state index contributed by atoms with van der Waals surface area (Å²) in [7, 11) is 0. The van der Waals surface area contributed by atoms with Gasteiger partial charge in [-0.2, -0.15) is 0 Å². The van der Waals surface area contributed by atoms with Crippen molar-refractivity contribution < 1.29 is 13.9 Å². The van der Waals surface area contributed by atoms with Crippen molar-refractivity contribution in [3.05, 3.63) is 65.5 Å². The first-order valence-corrected chi connectivity index (χ1v) is 6.63. The molecule has 0 unspecified atom stereocenters. The van der Waals surface area contributed by atoms with Crippen molar-refractivity contribution in [1.29, 1.82) is 0 Å². The molecule has 1 amide bonds. The molecule has 0 aliphatic carbocycles. The van der Waals surface area contributed by atoms with E-state index in [1.807, 2.05) is 30.3 Å². The molecule has 0 fully saturated rings. The number of rotatable bonds is 3. The van der Waals surface area contributed by atoms with Gasteiger partial charge in [0.25, 0.3) is 0 Å². The SMILES string of the molecule is Nc1ccc(F)cc1C#CCNC(=O)OCc1ccccc1. The third-order valence-electron chi connectivity index (χ3n) is 2.77. The van der Waals surface area contributed by atoms with Crippen molar-refractivity contribution in [3.63, 3.8) is 0 Å². The van der Waals surface area contributed by atoms with Crippen LogP contribution in [0.5, 0.6) is 0 Å². The molecule has 0 bridgehead atoms. The number of nitrogens with two attached hydrogens (primary N) is 1. The first-order chi connectivity index (χ1) is 10.6. The van der Waals surface area contributed by atoms with Crippen molar-refractivity contribution >= 4 is 11.8 Å². The van der Waals surface area contributed by atoms with Gasteiger partial charge in [0.1, 0.15) is 12.4 Å². The van der Waals surface area contributed by atoms with Gasteiger partial charge < -0.3 is 15.8 Å². The minimum absolute atomic E-state index is 0.0869. The van der Waals surface area contributed by atoms with Gasteiger partial charge in [0.05, 0.1) is 12.1 Å². The van der Waals surface area contributed by atoms with Crippen molar-refractivity contribution in [2.45, 2.75) is 6.61 Å². The molecule has 0 aromatic heterocycles. The number of ether oxygens (including phenoxy) is 1. The smallest absolute Gasteiger partial charge is 0.408 e. The predicted octanol–water partition coefficient (Wildman–Crippen LogP) is 2.69. The Balaban J connectivity index is 1.78. The van der Waals surface area contributed by atoms with E-state index < -0.39 is 11.9 Å². The number of nitrogens with one attached hydrogen (secondary N) is 1. The fourth-order valence-electron chi connectivity index (χ4n) is 1.67. The molecular weight excluding hydrogens is 283 g/mol. The molecular formula is C17H15FN2O2. The van der Waals surface area contributed by atoms with Crippen LogP contribution in [0.1, 0.15) is 11.1 Å². The third kappa shape index (κ3) is 4.84. The molecule has 2 aromatic rings. The third-order valence-corrected chi connectivity index (χ3v) is 2.77.